The van der Waals surface area contributed by atoms with Gasteiger partial charge in [0.2, 0.25) is 0 Å². The van der Waals surface area contributed by atoms with Gasteiger partial charge in [0.05, 0.1) is 4.47 Å². The lowest BCUT2D eigenvalue weighted by atomic mass is 10.3. The fraction of sp³-hybridized carbons (Fsp3) is 0.125. The third-order valence-electron chi connectivity index (χ3n) is 1.33. The van der Waals surface area contributed by atoms with E-state index in [1.54, 1.807) is 12.3 Å². The van der Waals surface area contributed by atoms with Crippen LogP contribution in [-0.2, 0) is 0 Å². The SMILES string of the molecule is C=Cc1cnc(NC)c(Br)c1. The Hall–Kier alpha value is -0.830. The van der Waals surface area contributed by atoms with E-state index in [1.807, 2.05) is 13.1 Å². The van der Waals surface area contributed by atoms with Crippen LogP contribution in [0.5, 0.6) is 0 Å². The van der Waals surface area contributed by atoms with Crippen LogP contribution in [0.4, 0.5) is 5.82 Å². The molecule has 0 atom stereocenters. The average Bonchev–Trinajstić information content (AvgIpc) is 2.04. The van der Waals surface area contributed by atoms with E-state index >= 15 is 0 Å². The number of anilines is 1. The molecule has 1 aromatic heterocycles. The van der Waals surface area contributed by atoms with Crippen molar-refractivity contribution in [1.82, 2.24) is 4.98 Å². The number of hydrogen-bond acceptors (Lipinski definition) is 2. The van der Waals surface area contributed by atoms with Gasteiger partial charge in [0.15, 0.2) is 0 Å². The molecule has 0 aliphatic rings. The van der Waals surface area contributed by atoms with E-state index in [1.165, 1.54) is 0 Å². The van der Waals surface area contributed by atoms with Crippen molar-refractivity contribution in [3.8, 4) is 0 Å². The average molecular weight is 213 g/mol. The lowest BCUT2D eigenvalue weighted by Gasteiger charge is -2.01. The van der Waals surface area contributed by atoms with Crippen molar-refractivity contribution in [3.63, 3.8) is 0 Å². The van der Waals surface area contributed by atoms with Crippen molar-refractivity contribution in [2.45, 2.75) is 0 Å². The first-order valence-corrected chi connectivity index (χ1v) is 4.03. The molecule has 0 aliphatic heterocycles. The summed E-state index contributed by atoms with van der Waals surface area (Å²) in [4.78, 5) is 4.14. The number of hydrogen-bond donors (Lipinski definition) is 1. The highest BCUT2D eigenvalue weighted by atomic mass is 79.9. The van der Waals surface area contributed by atoms with Crippen LogP contribution < -0.4 is 5.32 Å². The van der Waals surface area contributed by atoms with E-state index in [-0.39, 0.29) is 0 Å². The largest absolute Gasteiger partial charge is 0.372 e. The second-order valence-corrected chi connectivity index (χ2v) is 2.91. The van der Waals surface area contributed by atoms with Gasteiger partial charge in [0, 0.05) is 13.2 Å². The predicted octanol–water partition coefficient (Wildman–Crippen LogP) is 2.53. The highest BCUT2D eigenvalue weighted by Crippen LogP contribution is 2.20. The van der Waals surface area contributed by atoms with Crippen LogP contribution in [0.3, 0.4) is 0 Å². The standard InChI is InChI=1S/C8H9BrN2/c1-3-6-4-7(9)8(10-2)11-5-6/h3-5H,1H2,2H3,(H,10,11). The summed E-state index contributed by atoms with van der Waals surface area (Å²) < 4.78 is 0.956. The molecular formula is C8H9BrN2. The van der Waals surface area contributed by atoms with Crippen LogP contribution in [0.15, 0.2) is 23.3 Å². The molecule has 3 heteroatoms. The van der Waals surface area contributed by atoms with Gasteiger partial charge in [-0.2, -0.15) is 0 Å². The minimum Gasteiger partial charge on any atom is -0.372 e. The molecule has 1 heterocycles. The Morgan fingerprint density at radius 2 is 2.45 bits per heavy atom. The number of halogens is 1. The van der Waals surface area contributed by atoms with E-state index in [9.17, 15) is 0 Å². The normalized spacial score (nSPS) is 9.27. The molecule has 0 fully saturated rings. The van der Waals surface area contributed by atoms with Gasteiger partial charge in [-0.3, -0.25) is 0 Å². The molecule has 0 bridgehead atoms. The number of rotatable bonds is 2. The minimum atomic E-state index is 0.843. The van der Waals surface area contributed by atoms with E-state index in [0.29, 0.717) is 0 Å². The summed E-state index contributed by atoms with van der Waals surface area (Å²) in [6, 6.07) is 1.96. The summed E-state index contributed by atoms with van der Waals surface area (Å²) in [6.45, 7) is 3.65. The second kappa shape index (κ2) is 3.53. The highest BCUT2D eigenvalue weighted by molar-refractivity contribution is 9.10. The Labute approximate surface area is 74.5 Å². The van der Waals surface area contributed by atoms with Crippen LogP contribution in [0, 0.1) is 0 Å². The Morgan fingerprint density at radius 3 is 2.91 bits per heavy atom. The molecule has 11 heavy (non-hydrogen) atoms. The molecule has 0 saturated carbocycles. The molecule has 0 spiro atoms. The molecule has 1 N–H and O–H groups in total. The first kappa shape index (κ1) is 8.27. The maximum absolute atomic E-state index is 4.14. The van der Waals surface area contributed by atoms with Gasteiger partial charge >= 0.3 is 0 Å². The molecule has 1 aromatic rings. The Balaban J connectivity index is 3.09. The number of nitrogens with one attached hydrogen (secondary N) is 1. The van der Waals surface area contributed by atoms with E-state index < -0.39 is 0 Å². The van der Waals surface area contributed by atoms with Crippen molar-refractivity contribution >= 4 is 27.8 Å². The molecule has 0 radical (unpaired) electrons. The van der Waals surface area contributed by atoms with Gasteiger partial charge in [0.1, 0.15) is 5.82 Å². The van der Waals surface area contributed by atoms with Gasteiger partial charge in [-0.05, 0) is 27.6 Å². The summed E-state index contributed by atoms with van der Waals surface area (Å²) in [6.07, 6.45) is 3.53. The Kier molecular flexibility index (Phi) is 2.65. The highest BCUT2D eigenvalue weighted by Gasteiger charge is 1.97. The smallest absolute Gasteiger partial charge is 0.140 e. The first-order chi connectivity index (χ1) is 5.27. The number of pyridine rings is 1. The van der Waals surface area contributed by atoms with Gasteiger partial charge in [-0.25, -0.2) is 4.98 Å². The summed E-state index contributed by atoms with van der Waals surface area (Å²) in [7, 11) is 1.83. The molecule has 0 unspecified atom stereocenters. The molecule has 0 amide bonds. The Bertz CT molecular complexity index is 271. The van der Waals surface area contributed by atoms with E-state index in [2.05, 4.69) is 32.8 Å². The Morgan fingerprint density at radius 1 is 1.73 bits per heavy atom. The predicted molar refractivity (Wildman–Crippen MR) is 51.6 cm³/mol. The maximum atomic E-state index is 4.14. The fourth-order valence-electron chi connectivity index (χ4n) is 0.748. The molecule has 1 rings (SSSR count). The number of nitrogens with zero attached hydrogens (tertiary/aromatic N) is 1. The molecular weight excluding hydrogens is 204 g/mol. The zero-order chi connectivity index (χ0) is 8.27. The summed E-state index contributed by atoms with van der Waals surface area (Å²) >= 11 is 3.38. The quantitative estimate of drug-likeness (QED) is 0.816. The van der Waals surface area contributed by atoms with Crippen LogP contribution in [-0.4, -0.2) is 12.0 Å². The van der Waals surface area contributed by atoms with Gasteiger partial charge in [-0.1, -0.05) is 12.7 Å². The molecule has 0 aromatic carbocycles. The minimum absolute atomic E-state index is 0.843. The monoisotopic (exact) mass is 212 g/mol. The van der Waals surface area contributed by atoms with Crippen molar-refractivity contribution in [2.24, 2.45) is 0 Å². The van der Waals surface area contributed by atoms with Crippen molar-refractivity contribution in [3.05, 3.63) is 28.9 Å². The van der Waals surface area contributed by atoms with Crippen molar-refractivity contribution in [1.29, 1.82) is 0 Å². The van der Waals surface area contributed by atoms with E-state index in [0.717, 1.165) is 15.9 Å². The van der Waals surface area contributed by atoms with Gasteiger partial charge in [-0.15, -0.1) is 0 Å². The molecule has 2 nitrogen and oxygen atoms in total. The van der Waals surface area contributed by atoms with Gasteiger partial charge < -0.3 is 5.32 Å². The maximum Gasteiger partial charge on any atom is 0.140 e. The zero-order valence-electron chi connectivity index (χ0n) is 6.26. The lowest BCUT2D eigenvalue weighted by Crippen LogP contribution is -1.92. The van der Waals surface area contributed by atoms with Crippen LogP contribution in [0.1, 0.15) is 5.56 Å². The van der Waals surface area contributed by atoms with Crippen LogP contribution in [0.2, 0.25) is 0 Å². The second-order valence-electron chi connectivity index (χ2n) is 2.05. The first-order valence-electron chi connectivity index (χ1n) is 3.23. The molecule has 0 aliphatic carbocycles. The molecule has 58 valence electrons. The van der Waals surface area contributed by atoms with Crippen LogP contribution in [0.25, 0.3) is 6.08 Å². The van der Waals surface area contributed by atoms with Crippen molar-refractivity contribution < 1.29 is 0 Å². The fourth-order valence-corrected chi connectivity index (χ4v) is 1.31. The van der Waals surface area contributed by atoms with Crippen molar-refractivity contribution in [2.75, 3.05) is 12.4 Å². The lowest BCUT2D eigenvalue weighted by molar-refractivity contribution is 1.26. The van der Waals surface area contributed by atoms with Gasteiger partial charge in [0.25, 0.3) is 0 Å². The number of aromatic nitrogens is 1. The summed E-state index contributed by atoms with van der Waals surface area (Å²) in [5.41, 5.74) is 1.01. The molecule has 0 saturated heterocycles. The zero-order valence-corrected chi connectivity index (χ0v) is 7.85. The summed E-state index contributed by atoms with van der Waals surface area (Å²) in [5, 5.41) is 2.95. The third kappa shape index (κ3) is 1.80. The summed E-state index contributed by atoms with van der Waals surface area (Å²) in [5.74, 6) is 0.843. The van der Waals surface area contributed by atoms with Crippen LogP contribution >= 0.6 is 15.9 Å². The van der Waals surface area contributed by atoms with E-state index in [4.69, 9.17) is 0 Å². The topological polar surface area (TPSA) is 24.9 Å². The third-order valence-corrected chi connectivity index (χ3v) is 1.94.